The highest BCUT2D eigenvalue weighted by molar-refractivity contribution is 5.75. The van der Waals surface area contributed by atoms with Gasteiger partial charge < -0.3 is 16.0 Å². The van der Waals surface area contributed by atoms with E-state index in [1.807, 2.05) is 31.2 Å². The Kier molecular flexibility index (Phi) is 2.43. The van der Waals surface area contributed by atoms with Gasteiger partial charge >= 0.3 is 0 Å². The van der Waals surface area contributed by atoms with Crippen LogP contribution in [0.1, 0.15) is 11.3 Å². The fourth-order valence-corrected chi connectivity index (χ4v) is 1.51. The van der Waals surface area contributed by atoms with Crippen molar-refractivity contribution in [3.05, 3.63) is 35.5 Å². The minimum atomic E-state index is 0.319. The van der Waals surface area contributed by atoms with Crippen molar-refractivity contribution in [3.8, 4) is 11.1 Å². The van der Waals surface area contributed by atoms with Gasteiger partial charge in [0.25, 0.3) is 0 Å². The number of benzene rings is 1. The molecule has 0 radical (unpaired) electrons. The third-order valence-electron chi connectivity index (χ3n) is 2.32. The largest absolute Gasteiger partial charge is 0.367 e. The minimum absolute atomic E-state index is 0.319. The Balaban J connectivity index is 2.52. The van der Waals surface area contributed by atoms with Crippen LogP contribution in [-0.4, -0.2) is 5.16 Å². The lowest BCUT2D eigenvalue weighted by Gasteiger charge is -2.01. The molecule has 1 aromatic carbocycles. The molecule has 0 bridgehead atoms. The smallest absolute Gasteiger partial charge is 0.230 e. The van der Waals surface area contributed by atoms with Crippen LogP contribution in [0.4, 0.5) is 5.88 Å². The summed E-state index contributed by atoms with van der Waals surface area (Å²) in [4.78, 5) is 0. The summed E-state index contributed by atoms with van der Waals surface area (Å²) in [6.45, 7) is 2.36. The summed E-state index contributed by atoms with van der Waals surface area (Å²) >= 11 is 0. The first-order chi connectivity index (χ1) is 7.22. The summed E-state index contributed by atoms with van der Waals surface area (Å²) in [5.41, 5.74) is 14.9. The lowest BCUT2D eigenvalue weighted by Crippen LogP contribution is -1.99. The molecule has 0 aliphatic heterocycles. The Labute approximate surface area is 87.9 Å². The topological polar surface area (TPSA) is 78.1 Å². The summed E-state index contributed by atoms with van der Waals surface area (Å²) in [7, 11) is 0. The summed E-state index contributed by atoms with van der Waals surface area (Å²) in [5, 5.41) is 3.81. The number of nitrogens with zero attached hydrogens (tertiary/aromatic N) is 1. The number of nitrogen functional groups attached to an aromatic ring is 1. The number of aryl methyl sites for hydroxylation is 1. The molecule has 0 spiro atoms. The van der Waals surface area contributed by atoms with E-state index in [2.05, 4.69) is 5.16 Å². The molecular weight excluding hydrogens is 190 g/mol. The number of hydrogen-bond donors (Lipinski definition) is 2. The van der Waals surface area contributed by atoms with E-state index >= 15 is 0 Å². The van der Waals surface area contributed by atoms with Gasteiger partial charge in [-0.25, -0.2) is 0 Å². The molecule has 0 fully saturated rings. The second kappa shape index (κ2) is 3.74. The van der Waals surface area contributed by atoms with E-state index in [9.17, 15) is 0 Å². The van der Waals surface area contributed by atoms with Gasteiger partial charge in [0, 0.05) is 6.54 Å². The summed E-state index contributed by atoms with van der Waals surface area (Å²) in [5.74, 6) is 0.319. The van der Waals surface area contributed by atoms with Crippen LogP contribution in [0.3, 0.4) is 0 Å². The third-order valence-corrected chi connectivity index (χ3v) is 2.32. The van der Waals surface area contributed by atoms with Crippen molar-refractivity contribution in [2.45, 2.75) is 13.5 Å². The van der Waals surface area contributed by atoms with Crippen molar-refractivity contribution in [1.82, 2.24) is 5.16 Å². The molecule has 78 valence electrons. The Morgan fingerprint density at radius 1 is 1.27 bits per heavy atom. The van der Waals surface area contributed by atoms with Crippen molar-refractivity contribution in [2.75, 3.05) is 5.73 Å². The lowest BCUT2D eigenvalue weighted by molar-refractivity contribution is 0.428. The second-order valence-electron chi connectivity index (χ2n) is 3.44. The van der Waals surface area contributed by atoms with Gasteiger partial charge in [-0.2, -0.15) is 0 Å². The van der Waals surface area contributed by atoms with Gasteiger partial charge in [0.05, 0.1) is 5.56 Å². The normalized spacial score (nSPS) is 10.5. The van der Waals surface area contributed by atoms with E-state index in [1.54, 1.807) is 0 Å². The van der Waals surface area contributed by atoms with Gasteiger partial charge in [0.15, 0.2) is 0 Å². The highest BCUT2D eigenvalue weighted by atomic mass is 16.5. The van der Waals surface area contributed by atoms with Crippen LogP contribution in [0.2, 0.25) is 0 Å². The van der Waals surface area contributed by atoms with E-state index in [0.717, 1.165) is 11.1 Å². The van der Waals surface area contributed by atoms with E-state index in [1.165, 1.54) is 5.56 Å². The average molecular weight is 203 g/mol. The van der Waals surface area contributed by atoms with Crippen LogP contribution in [0.25, 0.3) is 11.1 Å². The van der Waals surface area contributed by atoms with Crippen LogP contribution in [0, 0.1) is 6.92 Å². The Morgan fingerprint density at radius 2 is 1.93 bits per heavy atom. The first-order valence-electron chi connectivity index (χ1n) is 4.73. The molecule has 4 nitrogen and oxygen atoms in total. The maximum absolute atomic E-state index is 5.70. The van der Waals surface area contributed by atoms with Gasteiger partial charge in [-0.3, -0.25) is 0 Å². The zero-order valence-electron chi connectivity index (χ0n) is 8.53. The van der Waals surface area contributed by atoms with Gasteiger partial charge in [-0.15, -0.1) is 0 Å². The van der Waals surface area contributed by atoms with Crippen molar-refractivity contribution in [1.29, 1.82) is 0 Å². The van der Waals surface area contributed by atoms with Crippen LogP contribution in [0.15, 0.2) is 28.8 Å². The Bertz CT molecular complexity index is 459. The highest BCUT2D eigenvalue weighted by Gasteiger charge is 2.13. The average Bonchev–Trinajstić information content (AvgIpc) is 2.61. The maximum Gasteiger partial charge on any atom is 0.230 e. The van der Waals surface area contributed by atoms with Gasteiger partial charge in [0.2, 0.25) is 5.88 Å². The SMILES string of the molecule is Cc1ccc(-c2c(CN)noc2N)cc1. The fraction of sp³-hybridized carbons (Fsp3) is 0.182. The Morgan fingerprint density at radius 3 is 2.53 bits per heavy atom. The summed E-state index contributed by atoms with van der Waals surface area (Å²) in [6, 6.07) is 8.00. The standard InChI is InChI=1S/C11H13N3O/c1-7-2-4-8(5-3-7)10-9(6-12)14-15-11(10)13/h2-5H,6,12-13H2,1H3. The van der Waals surface area contributed by atoms with Crippen molar-refractivity contribution in [3.63, 3.8) is 0 Å². The second-order valence-corrected chi connectivity index (χ2v) is 3.44. The zero-order chi connectivity index (χ0) is 10.8. The van der Waals surface area contributed by atoms with E-state index < -0.39 is 0 Å². The molecule has 1 aromatic heterocycles. The molecule has 0 aliphatic carbocycles. The molecule has 0 unspecified atom stereocenters. The van der Waals surface area contributed by atoms with Gasteiger partial charge in [-0.1, -0.05) is 35.0 Å². The van der Waals surface area contributed by atoms with Gasteiger partial charge in [-0.05, 0) is 12.5 Å². The van der Waals surface area contributed by atoms with Crippen molar-refractivity contribution in [2.24, 2.45) is 5.73 Å². The van der Waals surface area contributed by atoms with Crippen LogP contribution >= 0.6 is 0 Å². The third kappa shape index (κ3) is 1.71. The fourth-order valence-electron chi connectivity index (χ4n) is 1.51. The van der Waals surface area contributed by atoms with E-state index in [-0.39, 0.29) is 0 Å². The van der Waals surface area contributed by atoms with E-state index in [0.29, 0.717) is 18.1 Å². The maximum atomic E-state index is 5.70. The molecule has 4 heteroatoms. The summed E-state index contributed by atoms with van der Waals surface area (Å²) < 4.78 is 4.92. The monoisotopic (exact) mass is 203 g/mol. The summed E-state index contributed by atoms with van der Waals surface area (Å²) in [6.07, 6.45) is 0. The van der Waals surface area contributed by atoms with Crippen LogP contribution < -0.4 is 11.5 Å². The molecule has 15 heavy (non-hydrogen) atoms. The molecule has 2 rings (SSSR count). The molecule has 0 atom stereocenters. The quantitative estimate of drug-likeness (QED) is 0.778. The predicted octanol–water partition coefficient (Wildman–Crippen LogP) is 1.69. The number of anilines is 1. The first kappa shape index (κ1) is 9.73. The van der Waals surface area contributed by atoms with E-state index in [4.69, 9.17) is 16.0 Å². The zero-order valence-corrected chi connectivity index (χ0v) is 8.53. The molecule has 1 heterocycles. The number of hydrogen-bond acceptors (Lipinski definition) is 4. The number of rotatable bonds is 2. The Hall–Kier alpha value is -1.81. The minimum Gasteiger partial charge on any atom is -0.367 e. The number of aromatic nitrogens is 1. The highest BCUT2D eigenvalue weighted by Crippen LogP contribution is 2.29. The van der Waals surface area contributed by atoms with Crippen LogP contribution in [-0.2, 0) is 6.54 Å². The molecular formula is C11H13N3O. The lowest BCUT2D eigenvalue weighted by atomic mass is 10.0. The van der Waals surface area contributed by atoms with Crippen molar-refractivity contribution >= 4 is 5.88 Å². The van der Waals surface area contributed by atoms with Gasteiger partial charge in [0.1, 0.15) is 5.69 Å². The molecule has 0 saturated heterocycles. The van der Waals surface area contributed by atoms with Crippen molar-refractivity contribution < 1.29 is 4.52 Å². The molecule has 2 aromatic rings. The number of nitrogens with two attached hydrogens (primary N) is 2. The van der Waals surface area contributed by atoms with Crippen LogP contribution in [0.5, 0.6) is 0 Å². The predicted molar refractivity (Wildman–Crippen MR) is 59.0 cm³/mol. The molecule has 0 saturated carbocycles. The molecule has 4 N–H and O–H groups in total. The first-order valence-corrected chi connectivity index (χ1v) is 4.73. The molecule has 0 amide bonds. The molecule has 0 aliphatic rings.